The van der Waals surface area contributed by atoms with E-state index >= 15 is 0 Å². The Morgan fingerprint density at radius 2 is 1.89 bits per heavy atom. The van der Waals surface area contributed by atoms with Gasteiger partial charge in [0.2, 0.25) is 0 Å². The van der Waals surface area contributed by atoms with Gasteiger partial charge in [0.15, 0.2) is 0 Å². The second-order valence-corrected chi connectivity index (χ2v) is 4.20. The first-order valence-electron chi connectivity index (χ1n) is 5.78. The quantitative estimate of drug-likeness (QED) is 0.839. The Hall–Kier alpha value is -1.56. The summed E-state index contributed by atoms with van der Waals surface area (Å²) in [5.74, 6) is -1.13. The molecule has 2 atom stereocenters. The van der Waals surface area contributed by atoms with Crippen LogP contribution in [-0.2, 0) is 9.53 Å². The minimum Gasteiger partial charge on any atom is -0.468 e. The molecule has 0 amide bonds. The van der Waals surface area contributed by atoms with Gasteiger partial charge in [-0.05, 0) is 5.56 Å². The van der Waals surface area contributed by atoms with Gasteiger partial charge in [0.05, 0.1) is 13.7 Å². The zero-order chi connectivity index (χ0) is 14.5. The van der Waals surface area contributed by atoms with E-state index in [9.17, 15) is 18.0 Å². The SMILES string of the molecule is COC(=O)C(NCC(F)(F)F)C(C)c1ccccc1. The summed E-state index contributed by atoms with van der Waals surface area (Å²) in [6.45, 7) is 0.449. The summed E-state index contributed by atoms with van der Waals surface area (Å²) >= 11 is 0. The molecule has 106 valence electrons. The Labute approximate surface area is 109 Å². The van der Waals surface area contributed by atoms with Crippen molar-refractivity contribution in [2.75, 3.05) is 13.7 Å². The van der Waals surface area contributed by atoms with Crippen LogP contribution in [-0.4, -0.2) is 31.8 Å². The summed E-state index contributed by atoms with van der Waals surface area (Å²) in [5.41, 5.74) is 0.771. The number of carbonyl (C=O) groups is 1. The van der Waals surface area contributed by atoms with Crippen LogP contribution >= 0.6 is 0 Å². The number of hydrogen-bond donors (Lipinski definition) is 1. The molecule has 1 aromatic rings. The standard InChI is InChI=1S/C13H16F3NO2/c1-9(10-6-4-3-5-7-10)11(12(18)19-2)17-8-13(14,15)16/h3-7,9,11,17H,8H2,1-2H3. The van der Waals surface area contributed by atoms with Crippen LogP contribution in [0.2, 0.25) is 0 Å². The van der Waals surface area contributed by atoms with E-state index in [4.69, 9.17) is 0 Å². The molecular formula is C13H16F3NO2. The van der Waals surface area contributed by atoms with Crippen LogP contribution in [0, 0.1) is 0 Å². The normalized spacial score (nSPS) is 14.8. The predicted octanol–water partition coefficient (Wildman–Crippen LogP) is 2.48. The van der Waals surface area contributed by atoms with Gasteiger partial charge in [0.25, 0.3) is 0 Å². The minimum atomic E-state index is -4.37. The van der Waals surface area contributed by atoms with Crippen molar-refractivity contribution in [2.24, 2.45) is 0 Å². The van der Waals surface area contributed by atoms with E-state index in [1.807, 2.05) is 0 Å². The second-order valence-electron chi connectivity index (χ2n) is 4.20. The molecule has 2 unspecified atom stereocenters. The third-order valence-electron chi connectivity index (χ3n) is 2.80. The Morgan fingerprint density at radius 1 is 1.32 bits per heavy atom. The maximum absolute atomic E-state index is 12.2. The number of benzene rings is 1. The zero-order valence-corrected chi connectivity index (χ0v) is 10.7. The molecule has 0 heterocycles. The number of nitrogens with one attached hydrogen (secondary N) is 1. The lowest BCUT2D eigenvalue weighted by atomic mass is 9.93. The van der Waals surface area contributed by atoms with Gasteiger partial charge < -0.3 is 4.74 Å². The molecule has 3 nitrogen and oxygen atoms in total. The fraction of sp³-hybridized carbons (Fsp3) is 0.462. The van der Waals surface area contributed by atoms with E-state index in [0.717, 1.165) is 12.7 Å². The highest BCUT2D eigenvalue weighted by molar-refractivity contribution is 5.77. The van der Waals surface area contributed by atoms with Gasteiger partial charge in [0.1, 0.15) is 6.04 Å². The van der Waals surface area contributed by atoms with Crippen molar-refractivity contribution in [2.45, 2.75) is 25.1 Å². The van der Waals surface area contributed by atoms with Crippen molar-refractivity contribution < 1.29 is 22.7 Å². The summed E-state index contributed by atoms with van der Waals surface area (Å²) < 4.78 is 41.3. The summed E-state index contributed by atoms with van der Waals surface area (Å²) in [5, 5.41) is 2.21. The summed E-state index contributed by atoms with van der Waals surface area (Å²) in [6.07, 6.45) is -4.37. The number of ether oxygens (including phenoxy) is 1. The van der Waals surface area contributed by atoms with Crippen LogP contribution in [0.1, 0.15) is 18.4 Å². The number of methoxy groups -OCH3 is 1. The second kappa shape index (κ2) is 6.56. The van der Waals surface area contributed by atoms with Crippen molar-refractivity contribution in [3.63, 3.8) is 0 Å². The molecule has 0 radical (unpaired) electrons. The first-order valence-corrected chi connectivity index (χ1v) is 5.78. The van der Waals surface area contributed by atoms with Gasteiger partial charge in [-0.15, -0.1) is 0 Å². The number of esters is 1. The molecule has 0 bridgehead atoms. The van der Waals surface area contributed by atoms with Crippen LogP contribution in [0.25, 0.3) is 0 Å². The van der Waals surface area contributed by atoms with E-state index in [0.29, 0.717) is 0 Å². The largest absolute Gasteiger partial charge is 0.468 e. The van der Waals surface area contributed by atoms with Crippen LogP contribution in [0.3, 0.4) is 0 Å². The average Bonchev–Trinajstić information content (AvgIpc) is 2.38. The Morgan fingerprint density at radius 3 is 2.37 bits per heavy atom. The lowest BCUT2D eigenvalue weighted by molar-refractivity contribution is -0.147. The van der Waals surface area contributed by atoms with Crippen LogP contribution in [0.5, 0.6) is 0 Å². The van der Waals surface area contributed by atoms with Crippen molar-refractivity contribution in [3.05, 3.63) is 35.9 Å². The van der Waals surface area contributed by atoms with Gasteiger partial charge in [-0.1, -0.05) is 37.3 Å². The number of carbonyl (C=O) groups excluding carboxylic acids is 1. The number of alkyl halides is 3. The summed E-state index contributed by atoms with van der Waals surface area (Å²) in [7, 11) is 1.16. The van der Waals surface area contributed by atoms with Crippen molar-refractivity contribution in [1.29, 1.82) is 0 Å². The van der Waals surface area contributed by atoms with Gasteiger partial charge in [-0.25, -0.2) is 0 Å². The van der Waals surface area contributed by atoms with Crippen molar-refractivity contribution >= 4 is 5.97 Å². The topological polar surface area (TPSA) is 38.3 Å². The first-order chi connectivity index (χ1) is 8.85. The summed E-state index contributed by atoms with van der Waals surface area (Å²) in [4.78, 5) is 11.6. The van der Waals surface area contributed by atoms with E-state index in [1.165, 1.54) is 0 Å². The van der Waals surface area contributed by atoms with Crippen molar-refractivity contribution in [1.82, 2.24) is 5.32 Å². The third kappa shape index (κ3) is 4.90. The van der Waals surface area contributed by atoms with Crippen LogP contribution < -0.4 is 5.32 Å². The molecule has 1 N–H and O–H groups in total. The van der Waals surface area contributed by atoms with Gasteiger partial charge in [-0.2, -0.15) is 13.2 Å². The fourth-order valence-corrected chi connectivity index (χ4v) is 1.77. The zero-order valence-electron chi connectivity index (χ0n) is 10.7. The smallest absolute Gasteiger partial charge is 0.401 e. The van der Waals surface area contributed by atoms with Gasteiger partial charge >= 0.3 is 12.1 Å². The minimum absolute atomic E-state index is 0.420. The molecule has 0 aliphatic heterocycles. The fourth-order valence-electron chi connectivity index (χ4n) is 1.77. The summed E-state index contributed by atoms with van der Waals surface area (Å²) in [6, 6.07) is 7.82. The molecule has 6 heteroatoms. The molecule has 0 aliphatic rings. The maximum atomic E-state index is 12.2. The van der Waals surface area contributed by atoms with Gasteiger partial charge in [-0.3, -0.25) is 10.1 Å². The van der Waals surface area contributed by atoms with Gasteiger partial charge in [0, 0.05) is 5.92 Å². The van der Waals surface area contributed by atoms with E-state index in [1.54, 1.807) is 37.3 Å². The number of hydrogen-bond acceptors (Lipinski definition) is 3. The molecule has 0 spiro atoms. The molecule has 19 heavy (non-hydrogen) atoms. The van der Waals surface area contributed by atoms with Crippen LogP contribution in [0.15, 0.2) is 30.3 Å². The van der Waals surface area contributed by atoms with E-state index < -0.39 is 30.7 Å². The average molecular weight is 275 g/mol. The number of halogens is 3. The molecule has 0 fully saturated rings. The molecule has 0 saturated heterocycles. The Kier molecular flexibility index (Phi) is 5.35. The Bertz CT molecular complexity index is 406. The lowest BCUT2D eigenvalue weighted by Crippen LogP contribution is -2.45. The van der Waals surface area contributed by atoms with E-state index in [-0.39, 0.29) is 0 Å². The molecule has 1 rings (SSSR count). The van der Waals surface area contributed by atoms with Crippen molar-refractivity contribution in [3.8, 4) is 0 Å². The highest BCUT2D eigenvalue weighted by atomic mass is 19.4. The Balaban J connectivity index is 2.82. The monoisotopic (exact) mass is 275 g/mol. The molecule has 1 aromatic carbocycles. The highest BCUT2D eigenvalue weighted by Crippen LogP contribution is 2.21. The molecule has 0 saturated carbocycles. The molecule has 0 aliphatic carbocycles. The van der Waals surface area contributed by atoms with Crippen LogP contribution in [0.4, 0.5) is 13.2 Å². The highest BCUT2D eigenvalue weighted by Gasteiger charge is 2.33. The molecule has 0 aromatic heterocycles. The third-order valence-corrected chi connectivity index (χ3v) is 2.80. The predicted molar refractivity (Wildman–Crippen MR) is 64.7 cm³/mol. The lowest BCUT2D eigenvalue weighted by Gasteiger charge is -2.24. The number of rotatable bonds is 5. The maximum Gasteiger partial charge on any atom is 0.401 e. The molecular weight excluding hydrogens is 259 g/mol. The first kappa shape index (κ1) is 15.5. The van der Waals surface area contributed by atoms with E-state index in [2.05, 4.69) is 10.1 Å².